The Morgan fingerprint density at radius 1 is 0.540 bits per heavy atom. The number of carbonyl (C=O) groups is 2. The molecule has 50 heavy (non-hydrogen) atoms. The van der Waals surface area contributed by atoms with Gasteiger partial charge in [-0.1, -0.05) is 149 Å². The van der Waals surface area contributed by atoms with E-state index in [-0.39, 0.29) is 18.5 Å². The molecule has 6 heteroatoms. The number of nitrogens with zero attached hydrogens (tertiary/aromatic N) is 1. The standard InChI is InChI=1S/C44H85NO5/c1-4-7-10-13-14-18-25-39-49-42(47)28-21-16-15-17-23-35-45(37-38-46)36-24-22-31-44(33-34-44)32-29-43(48)50-40-30-41(26-19-11-8-5-2)27-20-12-9-6-3/h41,46H,4-40H2,1-3H3. The van der Waals surface area contributed by atoms with Crippen molar-refractivity contribution >= 4 is 11.9 Å². The van der Waals surface area contributed by atoms with Gasteiger partial charge in [0.2, 0.25) is 0 Å². The Kier molecular flexibility index (Phi) is 31.6. The van der Waals surface area contributed by atoms with Crippen LogP contribution >= 0.6 is 0 Å². The predicted octanol–water partition coefficient (Wildman–Crippen LogP) is 12.1. The molecular weight excluding hydrogens is 622 g/mol. The Morgan fingerprint density at radius 2 is 1.04 bits per heavy atom. The molecule has 0 heterocycles. The summed E-state index contributed by atoms with van der Waals surface area (Å²) in [7, 11) is 0. The topological polar surface area (TPSA) is 76.1 Å². The molecule has 6 nitrogen and oxygen atoms in total. The van der Waals surface area contributed by atoms with Gasteiger partial charge < -0.3 is 19.5 Å². The van der Waals surface area contributed by atoms with Crippen LogP contribution in [0.4, 0.5) is 0 Å². The molecule has 0 bridgehead atoms. The molecule has 0 aliphatic heterocycles. The predicted molar refractivity (Wildman–Crippen MR) is 212 cm³/mol. The summed E-state index contributed by atoms with van der Waals surface area (Å²) >= 11 is 0. The van der Waals surface area contributed by atoms with Crippen molar-refractivity contribution in [3.8, 4) is 0 Å². The van der Waals surface area contributed by atoms with Crippen LogP contribution in [0.5, 0.6) is 0 Å². The van der Waals surface area contributed by atoms with Crippen molar-refractivity contribution in [1.29, 1.82) is 0 Å². The number of carbonyl (C=O) groups excluding carboxylic acids is 2. The average molecular weight is 708 g/mol. The Morgan fingerprint density at radius 3 is 1.64 bits per heavy atom. The van der Waals surface area contributed by atoms with E-state index in [1.165, 1.54) is 135 Å². The molecule has 1 rings (SSSR count). The van der Waals surface area contributed by atoms with E-state index in [0.29, 0.717) is 37.4 Å². The minimum atomic E-state index is -0.0293. The molecule has 1 saturated carbocycles. The summed E-state index contributed by atoms with van der Waals surface area (Å²) in [5.74, 6) is 0.696. The molecule has 0 spiro atoms. The third kappa shape index (κ3) is 28.4. The number of unbranched alkanes of at least 4 members (excludes halogenated alkanes) is 17. The second-order valence-electron chi connectivity index (χ2n) is 16.0. The van der Waals surface area contributed by atoms with E-state index in [4.69, 9.17) is 9.47 Å². The van der Waals surface area contributed by atoms with Crippen LogP contribution in [0.1, 0.15) is 220 Å². The number of aliphatic hydroxyl groups excluding tert-OH is 1. The summed E-state index contributed by atoms with van der Waals surface area (Å²) < 4.78 is 11.2. The Balaban J connectivity index is 2.10. The van der Waals surface area contributed by atoms with Crippen LogP contribution in [0.25, 0.3) is 0 Å². The molecule has 1 aliphatic carbocycles. The van der Waals surface area contributed by atoms with Crippen LogP contribution in [-0.2, 0) is 19.1 Å². The highest BCUT2D eigenvalue weighted by molar-refractivity contribution is 5.69. The SMILES string of the molecule is CCCCCCCCCOC(=O)CCCCCCCN(CCO)CCCCC1(CCC(=O)OCCC(CCCCCC)CCCCCC)CC1. The number of rotatable bonds is 39. The molecule has 296 valence electrons. The molecule has 0 saturated heterocycles. The van der Waals surface area contributed by atoms with Crippen molar-refractivity contribution < 1.29 is 24.2 Å². The van der Waals surface area contributed by atoms with Gasteiger partial charge in [-0.2, -0.15) is 0 Å². The number of hydrogen-bond acceptors (Lipinski definition) is 6. The monoisotopic (exact) mass is 708 g/mol. The van der Waals surface area contributed by atoms with E-state index < -0.39 is 0 Å². The van der Waals surface area contributed by atoms with Gasteiger partial charge in [-0.15, -0.1) is 0 Å². The molecule has 0 aromatic heterocycles. The minimum Gasteiger partial charge on any atom is -0.466 e. The maximum absolute atomic E-state index is 12.6. The molecule has 0 aromatic carbocycles. The molecule has 1 fully saturated rings. The molecule has 1 N–H and O–H groups in total. The Hall–Kier alpha value is -1.14. The lowest BCUT2D eigenvalue weighted by atomic mass is 9.92. The molecular formula is C44H85NO5. The lowest BCUT2D eigenvalue weighted by Gasteiger charge is -2.22. The van der Waals surface area contributed by atoms with Gasteiger partial charge in [0.1, 0.15) is 0 Å². The van der Waals surface area contributed by atoms with E-state index in [0.717, 1.165) is 71.0 Å². The highest BCUT2D eigenvalue weighted by Crippen LogP contribution is 2.53. The van der Waals surface area contributed by atoms with Crippen LogP contribution in [0.15, 0.2) is 0 Å². The normalized spacial score (nSPS) is 13.7. The third-order valence-corrected chi connectivity index (χ3v) is 11.3. The van der Waals surface area contributed by atoms with E-state index >= 15 is 0 Å². The highest BCUT2D eigenvalue weighted by Gasteiger charge is 2.41. The van der Waals surface area contributed by atoms with E-state index in [1.54, 1.807) is 0 Å². The zero-order valence-electron chi connectivity index (χ0n) is 33.8. The number of hydrogen-bond donors (Lipinski definition) is 1. The van der Waals surface area contributed by atoms with Crippen molar-refractivity contribution in [2.24, 2.45) is 11.3 Å². The zero-order valence-corrected chi connectivity index (χ0v) is 33.8. The maximum atomic E-state index is 12.6. The smallest absolute Gasteiger partial charge is 0.305 e. The Bertz CT molecular complexity index is 758. The maximum Gasteiger partial charge on any atom is 0.305 e. The lowest BCUT2D eigenvalue weighted by molar-refractivity contribution is -0.145. The van der Waals surface area contributed by atoms with Gasteiger partial charge in [-0.05, 0) is 82.2 Å². The molecule has 0 aromatic rings. The van der Waals surface area contributed by atoms with E-state index in [2.05, 4.69) is 25.7 Å². The first kappa shape index (κ1) is 46.9. The van der Waals surface area contributed by atoms with Crippen LogP contribution in [0, 0.1) is 11.3 Å². The summed E-state index contributed by atoms with van der Waals surface area (Å²) in [4.78, 5) is 27.0. The highest BCUT2D eigenvalue weighted by atomic mass is 16.5. The third-order valence-electron chi connectivity index (χ3n) is 11.3. The largest absolute Gasteiger partial charge is 0.466 e. The van der Waals surface area contributed by atoms with Gasteiger partial charge in [0.25, 0.3) is 0 Å². The van der Waals surface area contributed by atoms with Gasteiger partial charge in [0.15, 0.2) is 0 Å². The summed E-state index contributed by atoms with van der Waals surface area (Å²) in [6.07, 6.45) is 36.5. The van der Waals surface area contributed by atoms with Crippen LogP contribution in [0.3, 0.4) is 0 Å². The second kappa shape index (κ2) is 33.7. The fourth-order valence-electron chi connectivity index (χ4n) is 7.50. The quantitative estimate of drug-likeness (QED) is 0.0506. The fraction of sp³-hybridized carbons (Fsp3) is 0.955. The number of esters is 2. The zero-order chi connectivity index (χ0) is 36.4. The summed E-state index contributed by atoms with van der Waals surface area (Å²) in [5, 5.41) is 9.59. The summed E-state index contributed by atoms with van der Waals surface area (Å²) in [6, 6.07) is 0. The van der Waals surface area contributed by atoms with E-state index in [1.807, 2.05) is 0 Å². The van der Waals surface area contributed by atoms with Gasteiger partial charge in [0.05, 0.1) is 19.8 Å². The first-order valence-corrected chi connectivity index (χ1v) is 22.1. The van der Waals surface area contributed by atoms with Crippen LogP contribution in [-0.4, -0.2) is 61.4 Å². The number of aliphatic hydroxyl groups is 1. The summed E-state index contributed by atoms with van der Waals surface area (Å²) in [6.45, 7) is 11.0. The van der Waals surface area contributed by atoms with Crippen molar-refractivity contribution in [3.63, 3.8) is 0 Å². The van der Waals surface area contributed by atoms with Crippen molar-refractivity contribution in [1.82, 2.24) is 4.90 Å². The molecule has 0 amide bonds. The second-order valence-corrected chi connectivity index (χ2v) is 16.0. The fourth-order valence-corrected chi connectivity index (χ4v) is 7.50. The van der Waals surface area contributed by atoms with Crippen LogP contribution < -0.4 is 0 Å². The van der Waals surface area contributed by atoms with E-state index in [9.17, 15) is 14.7 Å². The molecule has 0 atom stereocenters. The van der Waals surface area contributed by atoms with Crippen molar-refractivity contribution in [2.75, 3.05) is 39.5 Å². The molecule has 0 unspecified atom stereocenters. The van der Waals surface area contributed by atoms with Crippen molar-refractivity contribution in [3.05, 3.63) is 0 Å². The van der Waals surface area contributed by atoms with Crippen molar-refractivity contribution in [2.45, 2.75) is 220 Å². The van der Waals surface area contributed by atoms with Crippen LogP contribution in [0.2, 0.25) is 0 Å². The molecule has 0 radical (unpaired) electrons. The first-order valence-electron chi connectivity index (χ1n) is 22.1. The van der Waals surface area contributed by atoms with Gasteiger partial charge in [-0.25, -0.2) is 0 Å². The first-order chi connectivity index (χ1) is 24.5. The number of ether oxygens (including phenoxy) is 2. The minimum absolute atomic E-state index is 0.0137. The molecule has 1 aliphatic rings. The summed E-state index contributed by atoms with van der Waals surface area (Å²) in [5.41, 5.74) is 0.377. The van der Waals surface area contributed by atoms with Gasteiger partial charge >= 0.3 is 11.9 Å². The Labute approximate surface area is 311 Å². The van der Waals surface area contributed by atoms with Gasteiger partial charge in [-0.3, -0.25) is 9.59 Å². The lowest BCUT2D eigenvalue weighted by Crippen LogP contribution is -2.29. The van der Waals surface area contributed by atoms with Gasteiger partial charge in [0, 0.05) is 19.4 Å². The average Bonchev–Trinajstić information content (AvgIpc) is 3.89.